The number of anilines is 2. The second-order valence-corrected chi connectivity index (χ2v) is 13.4. The monoisotopic (exact) mass is 688 g/mol. The lowest BCUT2D eigenvalue weighted by atomic mass is 10.0. The molecule has 9 nitrogen and oxygen atoms in total. The quantitative estimate of drug-likeness (QED) is 0.207. The minimum Gasteiger partial charge on any atom is -0.457 e. The molecule has 0 spiro atoms. The van der Waals surface area contributed by atoms with E-state index >= 15 is 0 Å². The molecule has 0 saturated carbocycles. The molecule has 3 atom stereocenters. The number of hydrogen-bond donors (Lipinski definition) is 1. The van der Waals surface area contributed by atoms with E-state index < -0.39 is 34.5 Å². The lowest BCUT2D eigenvalue weighted by molar-refractivity contribution is -0.116. The highest BCUT2D eigenvalue weighted by Crippen LogP contribution is 2.49. The number of carbonyl (C=O) groups excluding carboxylic acids is 4. The molecule has 1 aromatic heterocycles. The number of halogens is 2. The average Bonchev–Trinajstić information content (AvgIpc) is 3.66. The largest absolute Gasteiger partial charge is 0.457 e. The van der Waals surface area contributed by atoms with Crippen molar-refractivity contribution in [2.45, 2.75) is 30.7 Å². The van der Waals surface area contributed by atoms with Crippen molar-refractivity contribution in [2.24, 2.45) is 0 Å². The van der Waals surface area contributed by atoms with Gasteiger partial charge in [0, 0.05) is 12.4 Å². The van der Waals surface area contributed by atoms with Crippen LogP contribution in [0.4, 0.5) is 20.2 Å². The fourth-order valence-electron chi connectivity index (χ4n) is 5.65. The Bertz CT molecular complexity index is 1860. The molecule has 48 heavy (non-hydrogen) atoms. The fraction of sp³-hybridized carbons (Fsp3) is 0.229. The number of ether oxygens (including phenoxy) is 1. The topological polar surface area (TPSA) is 109 Å². The Labute approximate surface area is 284 Å². The molecule has 3 heterocycles. The van der Waals surface area contributed by atoms with Crippen molar-refractivity contribution < 1.29 is 32.7 Å². The highest BCUT2D eigenvalue weighted by molar-refractivity contribution is 8.01. The van der Waals surface area contributed by atoms with Crippen LogP contribution in [0.15, 0.2) is 85.2 Å². The molecule has 0 radical (unpaired) electrons. The molecule has 13 heteroatoms. The van der Waals surface area contributed by atoms with Crippen LogP contribution in [0.25, 0.3) is 0 Å². The van der Waals surface area contributed by atoms with Gasteiger partial charge in [0.1, 0.15) is 28.5 Å². The number of nitrogens with zero attached hydrogens (tertiary/aromatic N) is 3. The van der Waals surface area contributed by atoms with E-state index in [9.17, 15) is 28.0 Å². The first-order valence-electron chi connectivity index (χ1n) is 15.0. The number of rotatable bonds is 9. The summed E-state index contributed by atoms with van der Waals surface area (Å²) in [5.74, 6) is -2.12. The van der Waals surface area contributed by atoms with Crippen LogP contribution < -0.4 is 15.1 Å². The summed E-state index contributed by atoms with van der Waals surface area (Å²) in [5, 5.41) is 1.67. The minimum absolute atomic E-state index is 0.0153. The minimum atomic E-state index is -0.748. The maximum Gasteiger partial charge on any atom is 0.340 e. The number of aromatic nitrogens is 1. The van der Waals surface area contributed by atoms with Crippen LogP contribution in [0.1, 0.15) is 55.1 Å². The van der Waals surface area contributed by atoms with Gasteiger partial charge in [0.2, 0.25) is 11.8 Å². The van der Waals surface area contributed by atoms with E-state index in [1.54, 1.807) is 67.4 Å². The van der Waals surface area contributed by atoms with Gasteiger partial charge in [-0.3, -0.25) is 29.2 Å². The zero-order valence-corrected chi connectivity index (χ0v) is 27.5. The van der Waals surface area contributed by atoms with Gasteiger partial charge in [0.05, 0.1) is 40.6 Å². The summed E-state index contributed by atoms with van der Waals surface area (Å²) in [4.78, 5) is 60.4. The van der Waals surface area contributed by atoms with E-state index in [4.69, 9.17) is 4.74 Å². The molecule has 2 aliphatic heterocycles. The highest BCUT2D eigenvalue weighted by Gasteiger charge is 2.41. The molecule has 2 fully saturated rings. The van der Waals surface area contributed by atoms with E-state index in [1.807, 2.05) is 0 Å². The third-order valence-electron chi connectivity index (χ3n) is 7.95. The van der Waals surface area contributed by atoms with Crippen LogP contribution >= 0.6 is 23.5 Å². The van der Waals surface area contributed by atoms with Crippen molar-refractivity contribution in [3.05, 3.63) is 125 Å². The normalized spacial score (nSPS) is 18.2. The Kier molecular flexibility index (Phi) is 9.78. The molecule has 2 aliphatic rings. The number of carbonyl (C=O) groups is 4. The Morgan fingerprint density at radius 1 is 0.896 bits per heavy atom. The molecular weight excluding hydrogens is 659 g/mol. The van der Waals surface area contributed by atoms with E-state index in [-0.39, 0.29) is 47.0 Å². The van der Waals surface area contributed by atoms with E-state index in [0.717, 1.165) is 5.56 Å². The molecule has 0 aliphatic carbocycles. The van der Waals surface area contributed by atoms with Crippen molar-refractivity contribution in [3.8, 4) is 0 Å². The molecule has 6 rings (SSSR count). The van der Waals surface area contributed by atoms with Crippen molar-refractivity contribution in [1.82, 2.24) is 10.3 Å². The first-order chi connectivity index (χ1) is 23.1. The predicted octanol–water partition coefficient (Wildman–Crippen LogP) is 6.20. The molecule has 3 aromatic carbocycles. The number of esters is 1. The first-order valence-corrected chi connectivity index (χ1v) is 17.1. The van der Waals surface area contributed by atoms with Crippen molar-refractivity contribution >= 4 is 58.6 Å². The van der Waals surface area contributed by atoms with Crippen molar-refractivity contribution in [2.75, 3.05) is 27.9 Å². The van der Waals surface area contributed by atoms with Crippen LogP contribution in [0.2, 0.25) is 0 Å². The number of nitrogens with one attached hydrogen (secondary N) is 1. The van der Waals surface area contributed by atoms with E-state index in [1.165, 1.54) is 65.0 Å². The average molecular weight is 689 g/mol. The maximum atomic E-state index is 13.9. The highest BCUT2D eigenvalue weighted by atomic mass is 32.2. The summed E-state index contributed by atoms with van der Waals surface area (Å²) in [5.41, 5.74) is 3.03. The third kappa shape index (κ3) is 6.78. The molecule has 2 saturated heterocycles. The summed E-state index contributed by atoms with van der Waals surface area (Å²) in [6.07, 6.45) is 2.23. The number of amides is 3. The summed E-state index contributed by atoms with van der Waals surface area (Å²) in [6, 6.07) is 18.1. The Morgan fingerprint density at radius 2 is 1.48 bits per heavy atom. The molecule has 3 unspecified atom stereocenters. The number of hydrogen-bond acceptors (Lipinski definition) is 8. The predicted molar refractivity (Wildman–Crippen MR) is 181 cm³/mol. The third-order valence-corrected chi connectivity index (χ3v) is 10.4. The lowest BCUT2D eigenvalue weighted by Gasteiger charge is -2.32. The van der Waals surface area contributed by atoms with Crippen LogP contribution in [0, 0.1) is 18.6 Å². The number of pyridine rings is 1. The standard InChI is InChI=1S/C35H30F2N4O5S2/c1-20(16-39-32(44)24-4-3-15-38-17-24)46-35(45)27-13-14-28(40-29(42)18-47-33(40)22-5-9-25(36)10-6-22)21(2)31(27)41-30(43)19-48-34(41)23-7-11-26(37)12-8-23/h3-15,17,20,33-34H,16,18-19H2,1-2H3,(H,39,44). The Morgan fingerprint density at radius 3 is 2.06 bits per heavy atom. The number of thioether (sulfide) groups is 2. The second kappa shape index (κ2) is 14.2. The summed E-state index contributed by atoms with van der Waals surface area (Å²) >= 11 is 2.72. The first kappa shape index (κ1) is 33.2. The zero-order valence-electron chi connectivity index (χ0n) is 25.9. The fourth-order valence-corrected chi connectivity index (χ4v) is 7.98. The molecule has 1 N–H and O–H groups in total. The van der Waals surface area contributed by atoms with Gasteiger partial charge in [-0.2, -0.15) is 0 Å². The molecular formula is C35H30F2N4O5S2. The Balaban J connectivity index is 1.37. The summed E-state index contributed by atoms with van der Waals surface area (Å²) < 4.78 is 33.4. The van der Waals surface area contributed by atoms with Crippen molar-refractivity contribution in [1.29, 1.82) is 0 Å². The van der Waals surface area contributed by atoms with Gasteiger partial charge in [0.25, 0.3) is 5.91 Å². The summed E-state index contributed by atoms with van der Waals surface area (Å²) in [7, 11) is 0. The van der Waals surface area contributed by atoms with Crippen molar-refractivity contribution in [3.63, 3.8) is 0 Å². The van der Waals surface area contributed by atoms with Gasteiger partial charge >= 0.3 is 5.97 Å². The number of benzene rings is 3. The molecule has 0 bridgehead atoms. The van der Waals surface area contributed by atoms with Gasteiger partial charge in [-0.15, -0.1) is 23.5 Å². The molecule has 4 aromatic rings. The summed E-state index contributed by atoms with van der Waals surface area (Å²) in [6.45, 7) is 3.38. The van der Waals surface area contributed by atoms with Crippen LogP contribution in [-0.4, -0.2) is 52.8 Å². The molecule has 246 valence electrons. The van der Waals surface area contributed by atoms with Gasteiger partial charge in [0.15, 0.2) is 0 Å². The van der Waals surface area contributed by atoms with Gasteiger partial charge in [-0.25, -0.2) is 13.6 Å². The maximum absolute atomic E-state index is 13.9. The Hall–Kier alpha value is -4.75. The van der Waals surface area contributed by atoms with Crippen LogP contribution in [0.5, 0.6) is 0 Å². The van der Waals surface area contributed by atoms with E-state index in [0.29, 0.717) is 22.4 Å². The lowest BCUT2D eigenvalue weighted by Crippen LogP contribution is -2.35. The van der Waals surface area contributed by atoms with E-state index in [2.05, 4.69) is 10.3 Å². The smallest absolute Gasteiger partial charge is 0.340 e. The molecule has 3 amide bonds. The SMILES string of the molecule is Cc1c(N2C(=O)CSC2c2ccc(F)cc2)ccc(C(=O)OC(C)CNC(=O)c2cccnc2)c1N1C(=O)CSC1c1ccc(F)cc1. The van der Waals surface area contributed by atoms with Gasteiger partial charge in [-0.05, 0) is 79.1 Å². The van der Waals surface area contributed by atoms with Gasteiger partial charge in [-0.1, -0.05) is 24.3 Å². The zero-order chi connectivity index (χ0) is 33.9. The van der Waals surface area contributed by atoms with Crippen LogP contribution in [0.3, 0.4) is 0 Å². The van der Waals surface area contributed by atoms with Crippen LogP contribution in [-0.2, 0) is 14.3 Å². The second-order valence-electron chi connectivity index (χ2n) is 11.2. The van der Waals surface area contributed by atoms with Gasteiger partial charge < -0.3 is 10.1 Å².